The lowest BCUT2D eigenvalue weighted by Crippen LogP contribution is -2.33. The highest BCUT2D eigenvalue weighted by Crippen LogP contribution is 2.31. The van der Waals surface area contributed by atoms with Crippen LogP contribution in [0.4, 0.5) is 5.82 Å². The van der Waals surface area contributed by atoms with Crippen molar-refractivity contribution in [1.29, 1.82) is 0 Å². The van der Waals surface area contributed by atoms with Crippen LogP contribution in [0.3, 0.4) is 0 Å². The maximum absolute atomic E-state index is 4.82. The van der Waals surface area contributed by atoms with Crippen molar-refractivity contribution in [3.63, 3.8) is 0 Å². The lowest BCUT2D eigenvalue weighted by Gasteiger charge is -2.24. The van der Waals surface area contributed by atoms with E-state index < -0.39 is 0 Å². The van der Waals surface area contributed by atoms with Crippen LogP contribution in [0, 0.1) is 0 Å². The number of hydrogen-bond acceptors (Lipinski definition) is 3. The molecule has 2 aromatic heterocycles. The Morgan fingerprint density at radius 2 is 1.55 bits per heavy atom. The molecule has 0 saturated heterocycles. The summed E-state index contributed by atoms with van der Waals surface area (Å²) in [6.45, 7) is 9.49. The quantitative estimate of drug-likeness (QED) is 0.425. The number of likely N-dealkylation sites (N-methyl/N-ethyl adjacent to an activating group) is 2. The predicted molar refractivity (Wildman–Crippen MR) is 124 cm³/mol. The molecule has 0 radical (unpaired) electrons. The highest BCUT2D eigenvalue weighted by atomic mass is 15.2. The summed E-state index contributed by atoms with van der Waals surface area (Å²) in [4.78, 5) is 9.53. The van der Waals surface area contributed by atoms with Gasteiger partial charge in [0.1, 0.15) is 5.82 Å². The van der Waals surface area contributed by atoms with Gasteiger partial charge < -0.3 is 14.4 Å². The van der Waals surface area contributed by atoms with Crippen molar-refractivity contribution in [2.45, 2.75) is 20.4 Å². The van der Waals surface area contributed by atoms with E-state index in [0.29, 0.717) is 0 Å². The average Bonchev–Trinajstić information content (AvgIpc) is 3.08. The Hall–Kier alpha value is -2.85. The van der Waals surface area contributed by atoms with Crippen molar-refractivity contribution >= 4 is 27.6 Å². The molecule has 29 heavy (non-hydrogen) atoms. The van der Waals surface area contributed by atoms with Gasteiger partial charge in [-0.15, -0.1) is 0 Å². The average molecular weight is 387 g/mol. The van der Waals surface area contributed by atoms with E-state index in [1.807, 2.05) is 6.20 Å². The van der Waals surface area contributed by atoms with Crippen LogP contribution in [0.15, 0.2) is 66.9 Å². The molecule has 0 fully saturated rings. The van der Waals surface area contributed by atoms with E-state index in [2.05, 4.69) is 95.9 Å². The van der Waals surface area contributed by atoms with E-state index in [9.17, 15) is 0 Å². The van der Waals surface area contributed by atoms with Gasteiger partial charge in [-0.2, -0.15) is 0 Å². The maximum atomic E-state index is 4.82. The molecule has 0 unspecified atom stereocenters. The lowest BCUT2D eigenvalue weighted by atomic mass is 10.2. The minimum Gasteiger partial charge on any atom is -0.358 e. The monoisotopic (exact) mass is 386 g/mol. The molecule has 2 heterocycles. The highest BCUT2D eigenvalue weighted by Gasteiger charge is 2.13. The summed E-state index contributed by atoms with van der Waals surface area (Å²) in [6.07, 6.45) is 2.04. The summed E-state index contributed by atoms with van der Waals surface area (Å²) in [7, 11) is 2.14. The summed E-state index contributed by atoms with van der Waals surface area (Å²) >= 11 is 0. The van der Waals surface area contributed by atoms with Crippen LogP contribution in [0.1, 0.15) is 19.4 Å². The van der Waals surface area contributed by atoms with Gasteiger partial charge >= 0.3 is 0 Å². The number of anilines is 1. The molecule has 0 atom stereocenters. The smallest absolute Gasteiger partial charge is 0.129 e. The largest absolute Gasteiger partial charge is 0.358 e. The normalized spacial score (nSPS) is 11.6. The van der Waals surface area contributed by atoms with Crippen molar-refractivity contribution in [3.05, 3.63) is 72.4 Å². The van der Waals surface area contributed by atoms with E-state index in [1.54, 1.807) is 0 Å². The zero-order chi connectivity index (χ0) is 20.2. The molecule has 0 aliphatic rings. The second-order valence-corrected chi connectivity index (χ2v) is 7.60. The predicted octanol–water partition coefficient (Wildman–Crippen LogP) is 5.02. The zero-order valence-electron chi connectivity index (χ0n) is 17.7. The molecule has 0 bridgehead atoms. The number of fused-ring (bicyclic) bond motifs is 3. The van der Waals surface area contributed by atoms with E-state index in [0.717, 1.165) is 38.5 Å². The summed E-state index contributed by atoms with van der Waals surface area (Å²) in [5.41, 5.74) is 3.75. The van der Waals surface area contributed by atoms with Crippen molar-refractivity contribution in [2.75, 3.05) is 38.1 Å². The summed E-state index contributed by atoms with van der Waals surface area (Å²) in [5.74, 6) is 1.03. The van der Waals surface area contributed by atoms with Gasteiger partial charge in [-0.25, -0.2) is 4.98 Å². The van der Waals surface area contributed by atoms with Crippen LogP contribution >= 0.6 is 0 Å². The van der Waals surface area contributed by atoms with Gasteiger partial charge in [0.05, 0.1) is 11.7 Å². The standard InChI is InChI=1S/C25H30N4/c1-4-28(5-2)16-15-27(3)25-17-22-21-13-9-10-14-23(21)29(24(22)18-26-25)19-20-11-7-6-8-12-20/h6-14,17-18H,4-5,15-16,19H2,1-3H3. The van der Waals surface area contributed by atoms with Crippen molar-refractivity contribution in [3.8, 4) is 0 Å². The third kappa shape index (κ3) is 3.99. The molecule has 4 heteroatoms. The van der Waals surface area contributed by atoms with Gasteiger partial charge in [-0.05, 0) is 30.8 Å². The Bertz CT molecular complexity index is 1080. The molecular weight excluding hydrogens is 356 g/mol. The first-order chi connectivity index (χ1) is 14.2. The first-order valence-electron chi connectivity index (χ1n) is 10.6. The third-order valence-corrected chi connectivity index (χ3v) is 5.86. The minimum absolute atomic E-state index is 0.851. The second-order valence-electron chi connectivity index (χ2n) is 7.60. The molecule has 0 saturated carbocycles. The van der Waals surface area contributed by atoms with Gasteiger partial charge in [0.25, 0.3) is 0 Å². The first kappa shape index (κ1) is 19.5. The molecule has 0 N–H and O–H groups in total. The van der Waals surface area contributed by atoms with Gasteiger partial charge in [-0.1, -0.05) is 62.4 Å². The molecule has 2 aromatic carbocycles. The number of nitrogens with zero attached hydrogens (tertiary/aromatic N) is 4. The molecule has 0 amide bonds. The molecule has 150 valence electrons. The van der Waals surface area contributed by atoms with E-state index in [-0.39, 0.29) is 0 Å². The molecule has 4 rings (SSSR count). The van der Waals surface area contributed by atoms with Gasteiger partial charge in [-0.3, -0.25) is 0 Å². The number of rotatable bonds is 8. The zero-order valence-corrected chi connectivity index (χ0v) is 17.7. The molecule has 4 nitrogen and oxygen atoms in total. The first-order valence-corrected chi connectivity index (χ1v) is 10.6. The van der Waals surface area contributed by atoms with Crippen LogP contribution < -0.4 is 4.90 Å². The van der Waals surface area contributed by atoms with Crippen molar-refractivity contribution in [1.82, 2.24) is 14.5 Å². The maximum Gasteiger partial charge on any atom is 0.129 e. The number of para-hydroxylation sites is 1. The SMILES string of the molecule is CCN(CC)CCN(C)c1cc2c3ccccc3n(Cc3ccccc3)c2cn1. The van der Waals surface area contributed by atoms with Gasteiger partial charge in [0.2, 0.25) is 0 Å². The molecule has 0 aliphatic heterocycles. The number of benzene rings is 2. The molecule has 0 spiro atoms. The summed E-state index contributed by atoms with van der Waals surface area (Å²) < 4.78 is 2.38. The fourth-order valence-corrected chi connectivity index (χ4v) is 4.03. The lowest BCUT2D eigenvalue weighted by molar-refractivity contribution is 0.311. The summed E-state index contributed by atoms with van der Waals surface area (Å²) in [5, 5.41) is 2.57. The minimum atomic E-state index is 0.851. The Labute approximate surface area is 173 Å². The third-order valence-electron chi connectivity index (χ3n) is 5.86. The van der Waals surface area contributed by atoms with Crippen LogP contribution in [0.2, 0.25) is 0 Å². The Morgan fingerprint density at radius 3 is 2.31 bits per heavy atom. The van der Waals surface area contributed by atoms with E-state index in [1.165, 1.54) is 27.4 Å². The van der Waals surface area contributed by atoms with Crippen LogP contribution in [-0.4, -0.2) is 47.7 Å². The molecule has 4 aromatic rings. The fourth-order valence-electron chi connectivity index (χ4n) is 4.03. The number of pyridine rings is 1. The highest BCUT2D eigenvalue weighted by molar-refractivity contribution is 6.08. The second kappa shape index (κ2) is 8.66. The van der Waals surface area contributed by atoms with Crippen molar-refractivity contribution in [2.24, 2.45) is 0 Å². The van der Waals surface area contributed by atoms with Gasteiger partial charge in [0, 0.05) is 43.0 Å². The van der Waals surface area contributed by atoms with Crippen LogP contribution in [0.25, 0.3) is 21.8 Å². The van der Waals surface area contributed by atoms with Crippen molar-refractivity contribution < 1.29 is 0 Å². The van der Waals surface area contributed by atoms with E-state index >= 15 is 0 Å². The number of aromatic nitrogens is 2. The van der Waals surface area contributed by atoms with Crippen LogP contribution in [-0.2, 0) is 6.54 Å². The Balaban J connectivity index is 1.71. The van der Waals surface area contributed by atoms with Gasteiger partial charge in [0.15, 0.2) is 0 Å². The molecular formula is C25H30N4. The molecule has 0 aliphatic carbocycles. The van der Waals surface area contributed by atoms with E-state index in [4.69, 9.17) is 4.98 Å². The Morgan fingerprint density at radius 1 is 0.828 bits per heavy atom. The van der Waals surface area contributed by atoms with Crippen LogP contribution in [0.5, 0.6) is 0 Å². The fraction of sp³-hybridized carbons (Fsp3) is 0.320. The number of hydrogen-bond donors (Lipinski definition) is 0. The topological polar surface area (TPSA) is 24.3 Å². The summed E-state index contributed by atoms with van der Waals surface area (Å²) in [6, 6.07) is 21.6. The Kier molecular flexibility index (Phi) is 5.81.